The Labute approximate surface area is 247 Å². The SMILES string of the molecule is CCCNC(=O)C(CC)N(Cc1ccc(Cl)cc1)C(=O)CN(c1cccc(Cl)c1C)S(=O)(=O)c1ccc(C)cc1. The molecule has 0 fully saturated rings. The minimum absolute atomic E-state index is 0.0438. The van der Waals surface area contributed by atoms with Crippen LogP contribution in [0.1, 0.15) is 43.4 Å². The van der Waals surface area contributed by atoms with Crippen molar-refractivity contribution in [1.29, 1.82) is 0 Å². The molecule has 0 saturated heterocycles. The first-order valence-corrected chi connectivity index (χ1v) is 15.3. The molecule has 2 amide bonds. The quantitative estimate of drug-likeness (QED) is 0.269. The van der Waals surface area contributed by atoms with Crippen LogP contribution in [0, 0.1) is 13.8 Å². The fourth-order valence-electron chi connectivity index (χ4n) is 4.29. The van der Waals surface area contributed by atoms with E-state index in [-0.39, 0.29) is 23.0 Å². The number of hydrogen-bond acceptors (Lipinski definition) is 4. The highest BCUT2D eigenvalue weighted by atomic mass is 35.5. The van der Waals surface area contributed by atoms with Crippen molar-refractivity contribution in [3.8, 4) is 0 Å². The van der Waals surface area contributed by atoms with Crippen molar-refractivity contribution in [3.05, 3.63) is 93.5 Å². The number of rotatable bonds is 12. The van der Waals surface area contributed by atoms with Crippen LogP contribution in [0.2, 0.25) is 10.0 Å². The van der Waals surface area contributed by atoms with E-state index in [1.54, 1.807) is 61.5 Å². The summed E-state index contributed by atoms with van der Waals surface area (Å²) in [6.07, 6.45) is 1.08. The molecule has 0 saturated carbocycles. The van der Waals surface area contributed by atoms with Gasteiger partial charge in [-0.2, -0.15) is 0 Å². The van der Waals surface area contributed by atoms with Crippen molar-refractivity contribution in [2.45, 2.75) is 58.0 Å². The lowest BCUT2D eigenvalue weighted by Crippen LogP contribution is -2.52. The number of sulfonamides is 1. The van der Waals surface area contributed by atoms with Gasteiger partial charge in [0.15, 0.2) is 0 Å². The molecule has 0 aromatic heterocycles. The molecular formula is C30H35Cl2N3O4S. The summed E-state index contributed by atoms with van der Waals surface area (Å²) in [5.74, 6) is -0.818. The predicted molar refractivity (Wildman–Crippen MR) is 161 cm³/mol. The highest BCUT2D eigenvalue weighted by molar-refractivity contribution is 7.92. The number of halogens is 2. The Morgan fingerprint density at radius 1 is 0.925 bits per heavy atom. The van der Waals surface area contributed by atoms with Crippen molar-refractivity contribution < 1.29 is 18.0 Å². The second kappa shape index (κ2) is 14.0. The van der Waals surface area contributed by atoms with Crippen molar-refractivity contribution in [2.24, 2.45) is 0 Å². The van der Waals surface area contributed by atoms with Crippen molar-refractivity contribution in [1.82, 2.24) is 10.2 Å². The molecule has 0 heterocycles. The highest BCUT2D eigenvalue weighted by Gasteiger charge is 2.34. The molecule has 0 aliphatic carbocycles. The van der Waals surface area contributed by atoms with E-state index >= 15 is 0 Å². The zero-order valence-corrected chi connectivity index (χ0v) is 25.5. The topological polar surface area (TPSA) is 86.8 Å². The Morgan fingerprint density at radius 3 is 2.17 bits per heavy atom. The molecule has 214 valence electrons. The van der Waals surface area contributed by atoms with Gasteiger partial charge in [-0.25, -0.2) is 8.42 Å². The normalized spacial score (nSPS) is 12.1. The van der Waals surface area contributed by atoms with Gasteiger partial charge in [-0.1, -0.05) is 72.9 Å². The van der Waals surface area contributed by atoms with Gasteiger partial charge in [-0.05, 0) is 74.2 Å². The summed E-state index contributed by atoms with van der Waals surface area (Å²) in [7, 11) is -4.17. The number of nitrogens with one attached hydrogen (secondary N) is 1. The lowest BCUT2D eigenvalue weighted by Gasteiger charge is -2.33. The van der Waals surface area contributed by atoms with Gasteiger partial charge < -0.3 is 10.2 Å². The number of benzene rings is 3. The van der Waals surface area contributed by atoms with E-state index in [0.29, 0.717) is 28.6 Å². The van der Waals surface area contributed by atoms with E-state index in [0.717, 1.165) is 21.9 Å². The Morgan fingerprint density at radius 2 is 1.57 bits per heavy atom. The zero-order chi connectivity index (χ0) is 29.4. The number of nitrogens with zero attached hydrogens (tertiary/aromatic N) is 2. The van der Waals surface area contributed by atoms with Crippen LogP contribution in [-0.4, -0.2) is 44.3 Å². The number of carbonyl (C=O) groups excluding carboxylic acids is 2. The molecule has 0 aliphatic rings. The summed E-state index contributed by atoms with van der Waals surface area (Å²) in [5.41, 5.74) is 2.46. The minimum atomic E-state index is -4.17. The Kier molecular flexibility index (Phi) is 11.0. The van der Waals surface area contributed by atoms with E-state index in [4.69, 9.17) is 23.2 Å². The first-order chi connectivity index (χ1) is 19.0. The summed E-state index contributed by atoms with van der Waals surface area (Å²) in [4.78, 5) is 28.7. The van der Waals surface area contributed by atoms with Gasteiger partial charge >= 0.3 is 0 Å². The van der Waals surface area contributed by atoms with E-state index < -0.39 is 28.5 Å². The van der Waals surface area contributed by atoms with Gasteiger partial charge in [0.25, 0.3) is 10.0 Å². The van der Waals surface area contributed by atoms with Gasteiger partial charge in [0.1, 0.15) is 12.6 Å². The second-order valence-corrected chi connectivity index (χ2v) is 12.3. The summed E-state index contributed by atoms with van der Waals surface area (Å²) >= 11 is 12.4. The van der Waals surface area contributed by atoms with Crippen molar-refractivity contribution in [2.75, 3.05) is 17.4 Å². The van der Waals surface area contributed by atoms with Crippen LogP contribution in [0.3, 0.4) is 0 Å². The summed E-state index contributed by atoms with van der Waals surface area (Å²) in [6, 6.07) is 17.5. The van der Waals surface area contributed by atoms with E-state index in [2.05, 4.69) is 5.32 Å². The lowest BCUT2D eigenvalue weighted by atomic mass is 10.1. The van der Waals surface area contributed by atoms with Crippen LogP contribution < -0.4 is 9.62 Å². The number of carbonyl (C=O) groups is 2. The molecule has 0 spiro atoms. The standard InChI is InChI=1S/C30H35Cl2N3O4S/c1-5-18-33-30(37)27(6-2)34(19-23-12-14-24(31)15-13-23)29(36)20-35(28-9-7-8-26(32)22(28)4)40(38,39)25-16-10-21(3)11-17-25/h7-17,27H,5-6,18-20H2,1-4H3,(H,33,37). The first-order valence-electron chi connectivity index (χ1n) is 13.2. The largest absolute Gasteiger partial charge is 0.354 e. The molecule has 1 atom stereocenters. The number of anilines is 1. The van der Waals surface area contributed by atoms with Gasteiger partial charge in [0.2, 0.25) is 11.8 Å². The lowest BCUT2D eigenvalue weighted by molar-refractivity contribution is -0.140. The predicted octanol–water partition coefficient (Wildman–Crippen LogP) is 6.14. The van der Waals surface area contributed by atoms with Gasteiger partial charge in [-0.3, -0.25) is 13.9 Å². The Bertz CT molecular complexity index is 1430. The Balaban J connectivity index is 2.09. The molecule has 0 radical (unpaired) electrons. The Hall–Kier alpha value is -3.07. The van der Waals surface area contributed by atoms with Crippen molar-refractivity contribution in [3.63, 3.8) is 0 Å². The smallest absolute Gasteiger partial charge is 0.264 e. The third-order valence-corrected chi connectivity index (χ3v) is 9.03. The van der Waals surface area contributed by atoms with Crippen LogP contribution in [0.15, 0.2) is 71.6 Å². The molecule has 10 heteroatoms. The zero-order valence-electron chi connectivity index (χ0n) is 23.2. The summed E-state index contributed by atoms with van der Waals surface area (Å²) in [5, 5.41) is 3.79. The van der Waals surface area contributed by atoms with Crippen LogP contribution in [0.25, 0.3) is 0 Å². The van der Waals surface area contributed by atoms with Crippen LogP contribution >= 0.6 is 23.2 Å². The third-order valence-electron chi connectivity index (χ3n) is 6.60. The minimum Gasteiger partial charge on any atom is -0.354 e. The first kappa shape index (κ1) is 31.5. The van der Waals surface area contributed by atoms with Crippen LogP contribution in [-0.2, 0) is 26.2 Å². The molecule has 1 unspecified atom stereocenters. The fraction of sp³-hybridized carbons (Fsp3) is 0.333. The number of aryl methyl sites for hydroxylation is 1. The van der Waals surface area contributed by atoms with Crippen LogP contribution in [0.5, 0.6) is 0 Å². The third kappa shape index (κ3) is 7.56. The average molecular weight is 605 g/mol. The molecular weight excluding hydrogens is 569 g/mol. The summed E-state index contributed by atoms with van der Waals surface area (Å²) < 4.78 is 29.1. The molecule has 3 aromatic carbocycles. The monoisotopic (exact) mass is 603 g/mol. The maximum Gasteiger partial charge on any atom is 0.264 e. The van der Waals surface area contributed by atoms with Crippen molar-refractivity contribution >= 4 is 50.7 Å². The van der Waals surface area contributed by atoms with Gasteiger partial charge in [0, 0.05) is 23.1 Å². The van der Waals surface area contributed by atoms with E-state index in [9.17, 15) is 18.0 Å². The van der Waals surface area contributed by atoms with E-state index in [1.807, 2.05) is 20.8 Å². The average Bonchev–Trinajstić information content (AvgIpc) is 2.93. The number of hydrogen-bond donors (Lipinski definition) is 1. The molecule has 40 heavy (non-hydrogen) atoms. The molecule has 7 nitrogen and oxygen atoms in total. The van der Waals surface area contributed by atoms with Gasteiger partial charge in [0.05, 0.1) is 10.6 Å². The van der Waals surface area contributed by atoms with E-state index in [1.165, 1.54) is 17.0 Å². The highest BCUT2D eigenvalue weighted by Crippen LogP contribution is 2.31. The molecule has 0 bridgehead atoms. The molecule has 1 N–H and O–H groups in total. The summed E-state index contributed by atoms with van der Waals surface area (Å²) in [6.45, 7) is 7.37. The van der Waals surface area contributed by atoms with Crippen LogP contribution in [0.4, 0.5) is 5.69 Å². The maximum absolute atomic E-state index is 14.1. The fourth-order valence-corrected chi connectivity index (χ4v) is 6.06. The second-order valence-electron chi connectivity index (χ2n) is 9.57. The van der Waals surface area contributed by atoms with Gasteiger partial charge in [-0.15, -0.1) is 0 Å². The molecule has 3 aromatic rings. The number of amides is 2. The molecule has 3 rings (SSSR count). The maximum atomic E-state index is 14.1. The molecule has 0 aliphatic heterocycles.